The van der Waals surface area contributed by atoms with Crippen LogP contribution in [-0.4, -0.2) is 42.0 Å². The minimum Gasteiger partial charge on any atom is -0.490 e. The summed E-state index contributed by atoms with van der Waals surface area (Å²) in [5.74, 6) is 0.0159. The molecule has 160 valence electrons. The first kappa shape index (κ1) is 24.2. The summed E-state index contributed by atoms with van der Waals surface area (Å²) < 4.78 is 10.4. The van der Waals surface area contributed by atoms with Crippen LogP contribution in [0.25, 0.3) is 0 Å². The number of nitrogens with zero attached hydrogens (tertiary/aromatic N) is 1. The van der Waals surface area contributed by atoms with Crippen molar-refractivity contribution in [1.29, 1.82) is 0 Å². The van der Waals surface area contributed by atoms with Crippen molar-refractivity contribution in [2.24, 2.45) is 0 Å². The van der Waals surface area contributed by atoms with Crippen LogP contribution in [0.4, 0.5) is 4.79 Å². The van der Waals surface area contributed by atoms with Crippen molar-refractivity contribution in [3.63, 3.8) is 0 Å². The number of hydrogen-bond acceptors (Lipinski definition) is 5. The molecule has 0 aromatic heterocycles. The van der Waals surface area contributed by atoms with Crippen molar-refractivity contribution in [3.8, 4) is 5.75 Å². The van der Waals surface area contributed by atoms with E-state index in [1.807, 2.05) is 24.3 Å². The van der Waals surface area contributed by atoms with Gasteiger partial charge in [0.15, 0.2) is 0 Å². The molecule has 1 rings (SSSR count). The van der Waals surface area contributed by atoms with Crippen molar-refractivity contribution in [3.05, 3.63) is 53.1 Å². The number of hydrogen-bond donors (Lipinski definition) is 2. The maximum Gasteiger partial charge on any atom is 0.341 e. The molecule has 0 saturated carbocycles. The molecule has 7 heteroatoms. The monoisotopic (exact) mass is 404 g/mol. The third kappa shape index (κ3) is 10.9. The van der Waals surface area contributed by atoms with Crippen LogP contribution in [0.3, 0.4) is 0 Å². The number of benzene rings is 1. The smallest absolute Gasteiger partial charge is 0.341 e. The van der Waals surface area contributed by atoms with Gasteiger partial charge < -0.3 is 14.8 Å². The molecule has 7 nitrogen and oxygen atoms in total. The Balaban J connectivity index is 2.45. The summed E-state index contributed by atoms with van der Waals surface area (Å²) in [5.41, 5.74) is 3.41. The van der Waals surface area contributed by atoms with Gasteiger partial charge >= 0.3 is 12.0 Å². The zero-order chi connectivity index (χ0) is 21.6. The van der Waals surface area contributed by atoms with Crippen LogP contribution in [0.15, 0.2) is 47.6 Å². The van der Waals surface area contributed by atoms with Crippen molar-refractivity contribution < 1.29 is 24.3 Å². The first-order valence-electron chi connectivity index (χ1n) is 9.72. The van der Waals surface area contributed by atoms with E-state index in [1.165, 1.54) is 11.1 Å². The van der Waals surface area contributed by atoms with E-state index >= 15 is 0 Å². The van der Waals surface area contributed by atoms with E-state index in [4.69, 9.17) is 4.74 Å². The van der Waals surface area contributed by atoms with Gasteiger partial charge in [-0.25, -0.2) is 4.79 Å². The quantitative estimate of drug-likeness (QED) is 0.249. The Bertz CT molecular complexity index is 724. The summed E-state index contributed by atoms with van der Waals surface area (Å²) in [7, 11) is 0. The number of allylic oxidation sites excluding steroid dienone is 3. The highest BCUT2D eigenvalue weighted by Gasteiger charge is 2.15. The Morgan fingerprint density at radius 1 is 1.21 bits per heavy atom. The minimum absolute atomic E-state index is 0.186. The number of carbonyl (C=O) groups excluding carboxylic acids is 2. The Hall–Kier alpha value is -2.80. The number of amides is 2. The summed E-state index contributed by atoms with van der Waals surface area (Å²) in [4.78, 5) is 23.1. The molecular formula is C22H32N2O5. The van der Waals surface area contributed by atoms with Crippen LogP contribution < -0.4 is 10.1 Å². The molecule has 0 spiro atoms. The fourth-order valence-corrected chi connectivity index (χ4v) is 2.39. The average Bonchev–Trinajstić information content (AvgIpc) is 2.66. The lowest BCUT2D eigenvalue weighted by Gasteiger charge is -2.15. The molecular weight excluding hydrogens is 372 g/mol. The van der Waals surface area contributed by atoms with E-state index in [0.29, 0.717) is 17.4 Å². The standard InChI is InChI=1S/C22H32N2O5/c1-5-28-21(25)16-24(27)22(26)23-15-19-10-7-11-20(14-19)29-13-12-18(4)9-6-8-17(2)3/h7-8,10-12,14,27H,5-6,9,13,15-16H2,1-4H3,(H,23,26)/b18-12+. The van der Waals surface area contributed by atoms with Gasteiger partial charge in [-0.3, -0.25) is 10.0 Å². The third-order valence-corrected chi connectivity index (χ3v) is 3.93. The largest absolute Gasteiger partial charge is 0.490 e. The van der Waals surface area contributed by atoms with Crippen LogP contribution in [0, 0.1) is 0 Å². The number of ether oxygens (including phenoxy) is 2. The molecule has 0 atom stereocenters. The summed E-state index contributed by atoms with van der Waals surface area (Å²) in [6.45, 7) is 8.25. The Labute approximate surface area is 172 Å². The van der Waals surface area contributed by atoms with E-state index in [1.54, 1.807) is 6.92 Å². The van der Waals surface area contributed by atoms with Crippen LogP contribution in [0.5, 0.6) is 5.75 Å². The second-order valence-electron chi connectivity index (χ2n) is 6.85. The lowest BCUT2D eigenvalue weighted by molar-refractivity contribution is -0.151. The highest BCUT2D eigenvalue weighted by Crippen LogP contribution is 2.14. The maximum absolute atomic E-state index is 11.8. The van der Waals surface area contributed by atoms with Crippen LogP contribution in [0.2, 0.25) is 0 Å². The lowest BCUT2D eigenvalue weighted by Crippen LogP contribution is -2.40. The SMILES string of the molecule is CCOC(=O)CN(O)C(=O)NCc1cccc(OC/C=C(\C)CCC=C(C)C)c1. The minimum atomic E-state index is -0.778. The first-order valence-corrected chi connectivity index (χ1v) is 9.72. The van der Waals surface area contributed by atoms with Gasteiger partial charge in [-0.1, -0.05) is 29.4 Å². The average molecular weight is 405 g/mol. The highest BCUT2D eigenvalue weighted by molar-refractivity contribution is 5.79. The van der Waals surface area contributed by atoms with Gasteiger partial charge in [0.2, 0.25) is 0 Å². The van der Waals surface area contributed by atoms with Gasteiger partial charge in [-0.15, -0.1) is 0 Å². The van der Waals surface area contributed by atoms with Crippen LogP contribution in [0.1, 0.15) is 46.1 Å². The topological polar surface area (TPSA) is 88.1 Å². The normalized spacial score (nSPS) is 10.9. The molecule has 0 aliphatic rings. The van der Waals surface area contributed by atoms with E-state index in [-0.39, 0.29) is 13.2 Å². The molecule has 0 aliphatic carbocycles. The molecule has 0 saturated heterocycles. The van der Waals surface area contributed by atoms with Crippen LogP contribution >= 0.6 is 0 Å². The van der Waals surface area contributed by atoms with E-state index in [9.17, 15) is 14.8 Å². The fourth-order valence-electron chi connectivity index (χ4n) is 2.39. The summed E-state index contributed by atoms with van der Waals surface area (Å²) in [5, 5.41) is 12.4. The second kappa shape index (κ2) is 13.4. The maximum atomic E-state index is 11.8. The number of esters is 1. The number of rotatable bonds is 11. The Morgan fingerprint density at radius 2 is 1.97 bits per heavy atom. The zero-order valence-corrected chi connectivity index (χ0v) is 17.7. The molecule has 2 amide bonds. The molecule has 0 bridgehead atoms. The predicted molar refractivity (Wildman–Crippen MR) is 112 cm³/mol. The Kier molecular flexibility index (Phi) is 11.2. The second-order valence-corrected chi connectivity index (χ2v) is 6.85. The molecule has 0 fully saturated rings. The lowest BCUT2D eigenvalue weighted by atomic mass is 10.1. The molecule has 29 heavy (non-hydrogen) atoms. The van der Waals surface area contributed by atoms with Crippen molar-refractivity contribution in [1.82, 2.24) is 10.4 Å². The molecule has 0 unspecified atom stereocenters. The predicted octanol–water partition coefficient (Wildman–Crippen LogP) is 4.22. The van der Waals surface area contributed by atoms with Crippen molar-refractivity contribution >= 4 is 12.0 Å². The van der Waals surface area contributed by atoms with Gasteiger partial charge in [0.25, 0.3) is 0 Å². The van der Waals surface area contributed by atoms with E-state index < -0.39 is 18.5 Å². The molecule has 0 radical (unpaired) electrons. The first-order chi connectivity index (χ1) is 13.8. The summed E-state index contributed by atoms with van der Waals surface area (Å²) in [6, 6.07) is 6.55. The van der Waals surface area contributed by atoms with Gasteiger partial charge in [0, 0.05) is 6.54 Å². The van der Waals surface area contributed by atoms with Gasteiger partial charge in [0.1, 0.15) is 18.9 Å². The van der Waals surface area contributed by atoms with Crippen LogP contribution in [-0.2, 0) is 16.1 Å². The van der Waals surface area contributed by atoms with Gasteiger partial charge in [0.05, 0.1) is 6.61 Å². The summed E-state index contributed by atoms with van der Waals surface area (Å²) in [6.07, 6.45) is 6.31. The van der Waals surface area contributed by atoms with Gasteiger partial charge in [-0.2, -0.15) is 5.06 Å². The fraction of sp³-hybridized carbons (Fsp3) is 0.455. The molecule has 2 N–H and O–H groups in total. The number of carbonyl (C=O) groups is 2. The molecule has 1 aromatic rings. The Morgan fingerprint density at radius 3 is 2.66 bits per heavy atom. The number of nitrogens with one attached hydrogen (secondary N) is 1. The number of urea groups is 1. The zero-order valence-electron chi connectivity index (χ0n) is 17.7. The number of hydroxylamine groups is 2. The van der Waals surface area contributed by atoms with Crippen molar-refractivity contribution in [2.75, 3.05) is 19.8 Å². The van der Waals surface area contributed by atoms with Gasteiger partial charge in [-0.05, 0) is 64.3 Å². The third-order valence-electron chi connectivity index (χ3n) is 3.93. The molecule has 1 aromatic carbocycles. The van der Waals surface area contributed by atoms with E-state index in [2.05, 4.69) is 43.0 Å². The molecule has 0 aliphatic heterocycles. The van der Waals surface area contributed by atoms with Crippen molar-refractivity contribution in [2.45, 2.75) is 47.1 Å². The summed E-state index contributed by atoms with van der Waals surface area (Å²) >= 11 is 0. The highest BCUT2D eigenvalue weighted by atomic mass is 16.6. The molecule has 0 heterocycles. The van der Waals surface area contributed by atoms with E-state index in [0.717, 1.165) is 18.4 Å².